The third-order valence-electron chi connectivity index (χ3n) is 6.36. The van der Waals surface area contributed by atoms with Crippen molar-refractivity contribution in [1.29, 1.82) is 0 Å². The van der Waals surface area contributed by atoms with Crippen LogP contribution in [0.5, 0.6) is 0 Å². The number of nitrogens with zero attached hydrogens (tertiary/aromatic N) is 1. The van der Waals surface area contributed by atoms with E-state index in [1.165, 1.54) is 0 Å². The summed E-state index contributed by atoms with van der Waals surface area (Å²) in [5.41, 5.74) is 1.63. The van der Waals surface area contributed by atoms with E-state index in [1.807, 2.05) is 52.0 Å². The van der Waals surface area contributed by atoms with E-state index in [0.717, 1.165) is 18.4 Å². The summed E-state index contributed by atoms with van der Waals surface area (Å²) in [5.74, 6) is -0.0411. The van der Waals surface area contributed by atoms with Gasteiger partial charge in [0.25, 0.3) is 5.91 Å². The highest BCUT2D eigenvalue weighted by Crippen LogP contribution is 2.56. The first-order valence-corrected chi connectivity index (χ1v) is 12.1. The molecule has 0 aromatic heterocycles. The summed E-state index contributed by atoms with van der Waals surface area (Å²) in [6.45, 7) is 12.8. The molecule has 3 amide bonds. The van der Waals surface area contributed by atoms with Crippen LogP contribution in [0.2, 0.25) is 0 Å². The van der Waals surface area contributed by atoms with Crippen LogP contribution in [0.4, 0.5) is 0 Å². The first kappa shape index (κ1) is 23.6. The van der Waals surface area contributed by atoms with Gasteiger partial charge >= 0.3 is 0 Å². The lowest BCUT2D eigenvalue weighted by atomic mass is 9.95. The van der Waals surface area contributed by atoms with Crippen LogP contribution in [-0.2, 0) is 9.59 Å². The summed E-state index contributed by atoms with van der Waals surface area (Å²) in [6.07, 6.45) is 1.66. The van der Waals surface area contributed by atoms with Crippen molar-refractivity contribution >= 4 is 29.5 Å². The molecule has 1 aromatic rings. The monoisotopic (exact) mass is 445 g/mol. The van der Waals surface area contributed by atoms with Crippen molar-refractivity contribution in [2.45, 2.75) is 76.6 Å². The Labute approximate surface area is 189 Å². The molecular formula is C24H35N3O3S. The molecule has 0 aliphatic carbocycles. The maximum atomic E-state index is 13.5. The van der Waals surface area contributed by atoms with Gasteiger partial charge < -0.3 is 15.5 Å². The number of carbonyl (C=O) groups is 3. The summed E-state index contributed by atoms with van der Waals surface area (Å²) in [5, 5.41) is 5.81. The Bertz CT molecular complexity index is 854. The number of nitrogens with one attached hydrogen (secondary N) is 2. The molecule has 1 fully saturated rings. The fourth-order valence-corrected chi connectivity index (χ4v) is 5.92. The Morgan fingerprint density at radius 3 is 2.52 bits per heavy atom. The molecule has 4 atom stereocenters. The number of carbonyl (C=O) groups excluding carboxylic acids is 3. The van der Waals surface area contributed by atoms with Crippen LogP contribution in [0, 0.1) is 11.8 Å². The van der Waals surface area contributed by atoms with E-state index >= 15 is 0 Å². The number of hydrogen-bond acceptors (Lipinski definition) is 4. The second-order valence-electron chi connectivity index (χ2n) is 9.62. The Kier molecular flexibility index (Phi) is 7.04. The van der Waals surface area contributed by atoms with Crippen LogP contribution < -0.4 is 10.6 Å². The van der Waals surface area contributed by atoms with Crippen molar-refractivity contribution in [3.63, 3.8) is 0 Å². The minimum Gasteiger partial charge on any atom is -0.354 e. The average Bonchev–Trinajstić information content (AvgIpc) is 3.14. The largest absolute Gasteiger partial charge is 0.354 e. The first-order valence-electron chi connectivity index (χ1n) is 11.3. The molecule has 6 nitrogen and oxygen atoms in total. The maximum absolute atomic E-state index is 13.5. The molecule has 3 rings (SSSR count). The summed E-state index contributed by atoms with van der Waals surface area (Å²) in [4.78, 5) is 41.3. The molecule has 7 heteroatoms. The normalized spacial score (nSPS) is 23.3. The van der Waals surface area contributed by atoms with Crippen LogP contribution in [0.1, 0.15) is 75.7 Å². The highest BCUT2D eigenvalue weighted by molar-refractivity contribution is 8.01. The van der Waals surface area contributed by atoms with Crippen molar-refractivity contribution in [3.8, 4) is 0 Å². The summed E-state index contributed by atoms with van der Waals surface area (Å²) < 4.78 is -0.466. The molecule has 0 spiro atoms. The lowest BCUT2D eigenvalue weighted by Crippen LogP contribution is -2.58. The summed E-state index contributed by atoms with van der Waals surface area (Å²) >= 11 is 1.63. The molecular weight excluding hydrogens is 410 g/mol. The van der Waals surface area contributed by atoms with Gasteiger partial charge in [-0.15, -0.1) is 11.8 Å². The highest BCUT2D eigenvalue weighted by atomic mass is 32.2. The zero-order chi connectivity index (χ0) is 22.9. The predicted molar refractivity (Wildman–Crippen MR) is 125 cm³/mol. The van der Waals surface area contributed by atoms with Gasteiger partial charge in [-0.3, -0.25) is 14.4 Å². The molecule has 2 unspecified atom stereocenters. The van der Waals surface area contributed by atoms with E-state index < -0.39 is 16.8 Å². The molecule has 0 bridgehead atoms. The molecule has 2 aliphatic rings. The predicted octanol–water partition coefficient (Wildman–Crippen LogP) is 3.73. The van der Waals surface area contributed by atoms with Gasteiger partial charge in [-0.25, -0.2) is 0 Å². The smallest absolute Gasteiger partial charge is 0.256 e. The van der Waals surface area contributed by atoms with Gasteiger partial charge in [0, 0.05) is 16.9 Å². The second-order valence-corrected chi connectivity index (χ2v) is 11.4. The molecule has 1 saturated heterocycles. The van der Waals surface area contributed by atoms with Crippen LogP contribution in [0.3, 0.4) is 0 Å². The Morgan fingerprint density at radius 1 is 1.19 bits per heavy atom. The Morgan fingerprint density at radius 2 is 1.87 bits per heavy atom. The van der Waals surface area contributed by atoms with Crippen LogP contribution in [0.15, 0.2) is 24.3 Å². The third kappa shape index (κ3) is 4.61. The van der Waals surface area contributed by atoms with Gasteiger partial charge in [-0.05, 0) is 43.7 Å². The number of hydrogen-bond donors (Lipinski definition) is 2. The summed E-state index contributed by atoms with van der Waals surface area (Å²) in [6, 6.07) is 6.30. The fraction of sp³-hybridized carbons (Fsp3) is 0.625. The van der Waals surface area contributed by atoms with Gasteiger partial charge in [0.15, 0.2) is 0 Å². The second kappa shape index (κ2) is 9.23. The number of rotatable bonds is 8. The fourth-order valence-electron chi connectivity index (χ4n) is 4.33. The van der Waals surface area contributed by atoms with E-state index in [-0.39, 0.29) is 29.0 Å². The van der Waals surface area contributed by atoms with Crippen LogP contribution in [-0.4, -0.2) is 46.0 Å². The SMILES string of the molecule is CCC(C)[C@H](NC(=O)[C@H]1N2C(=O)c3ccccc3C2SC1(C)C)C(=O)NCCC(C)C. The Balaban J connectivity index is 1.80. The topological polar surface area (TPSA) is 78.5 Å². The van der Waals surface area contributed by atoms with Crippen molar-refractivity contribution in [2.24, 2.45) is 11.8 Å². The molecule has 170 valence electrons. The molecule has 31 heavy (non-hydrogen) atoms. The lowest BCUT2D eigenvalue weighted by molar-refractivity contribution is -0.133. The van der Waals surface area contributed by atoms with E-state index in [1.54, 1.807) is 16.7 Å². The number of benzene rings is 1. The van der Waals surface area contributed by atoms with E-state index in [2.05, 4.69) is 24.5 Å². The minimum absolute atomic E-state index is 0.0116. The van der Waals surface area contributed by atoms with Gasteiger partial charge in [0.2, 0.25) is 11.8 Å². The molecule has 0 saturated carbocycles. The lowest BCUT2D eigenvalue weighted by Gasteiger charge is -2.32. The van der Waals surface area contributed by atoms with Crippen molar-refractivity contribution < 1.29 is 14.4 Å². The van der Waals surface area contributed by atoms with Gasteiger partial charge in [-0.2, -0.15) is 0 Å². The van der Waals surface area contributed by atoms with Crippen LogP contribution >= 0.6 is 11.8 Å². The zero-order valence-corrected chi connectivity index (χ0v) is 20.2. The molecule has 1 aromatic carbocycles. The van der Waals surface area contributed by atoms with Crippen LogP contribution in [0.25, 0.3) is 0 Å². The van der Waals surface area contributed by atoms with Crippen molar-refractivity contribution in [2.75, 3.05) is 6.54 Å². The molecule has 0 radical (unpaired) electrons. The Hall–Kier alpha value is -2.02. The minimum atomic E-state index is -0.641. The molecule has 2 heterocycles. The van der Waals surface area contributed by atoms with E-state index in [9.17, 15) is 14.4 Å². The zero-order valence-electron chi connectivity index (χ0n) is 19.4. The highest BCUT2D eigenvalue weighted by Gasteiger charge is 2.57. The average molecular weight is 446 g/mol. The van der Waals surface area contributed by atoms with E-state index in [4.69, 9.17) is 0 Å². The van der Waals surface area contributed by atoms with Crippen molar-refractivity contribution in [3.05, 3.63) is 35.4 Å². The van der Waals surface area contributed by atoms with Crippen molar-refractivity contribution in [1.82, 2.24) is 15.5 Å². The van der Waals surface area contributed by atoms with Gasteiger partial charge in [-0.1, -0.05) is 52.3 Å². The van der Waals surface area contributed by atoms with E-state index in [0.29, 0.717) is 18.0 Å². The third-order valence-corrected chi connectivity index (χ3v) is 7.89. The van der Waals surface area contributed by atoms with Gasteiger partial charge in [0.1, 0.15) is 17.5 Å². The summed E-state index contributed by atoms with van der Waals surface area (Å²) in [7, 11) is 0. The standard InChI is InChI=1S/C24H35N3O3S/c1-7-15(4)18(20(28)25-13-12-14(2)3)26-21(29)19-24(5,6)31-23-17-11-9-8-10-16(17)22(30)27(19)23/h8-11,14-15,18-19,23H,7,12-13H2,1-6H3,(H,25,28)(H,26,29)/t15?,18-,19+,23?/m0/s1. The van der Waals surface area contributed by atoms with Gasteiger partial charge in [0.05, 0.1) is 0 Å². The first-order chi connectivity index (χ1) is 14.6. The molecule has 2 N–H and O–H groups in total. The molecule has 2 aliphatic heterocycles. The number of amides is 3. The quantitative estimate of drug-likeness (QED) is 0.639. The number of thioether (sulfide) groups is 1. The number of fused-ring (bicyclic) bond motifs is 3. The maximum Gasteiger partial charge on any atom is 0.256 e.